The van der Waals surface area contributed by atoms with Gasteiger partial charge >= 0.3 is 0 Å². The Labute approximate surface area is 174 Å². The minimum atomic E-state index is -0.492. The maximum absolute atomic E-state index is 12.6. The Morgan fingerprint density at radius 2 is 1.60 bits per heavy atom. The molecule has 4 rings (SSSR count). The highest BCUT2D eigenvalue weighted by Crippen LogP contribution is 2.36. The van der Waals surface area contributed by atoms with E-state index in [-0.39, 0.29) is 23.7 Å². The highest BCUT2D eigenvalue weighted by Gasteiger charge is 2.25. The van der Waals surface area contributed by atoms with E-state index >= 15 is 0 Å². The number of hydrogen-bond acceptors (Lipinski definition) is 7. The first-order valence-electron chi connectivity index (χ1n) is 8.89. The van der Waals surface area contributed by atoms with Gasteiger partial charge in [0.25, 0.3) is 11.4 Å². The van der Waals surface area contributed by atoms with Gasteiger partial charge in [-0.3, -0.25) is 25.0 Å². The third-order valence-electron chi connectivity index (χ3n) is 4.63. The summed E-state index contributed by atoms with van der Waals surface area (Å²) in [5.41, 5.74) is 2.97. The number of amides is 1. The SMILES string of the molecule is O=C(Cc1ccc([N+](=O)[O-])cc1)Nc1c2c(nn1-c1ccc([N+](=O)[O-])cc1)CSC2. The largest absolute Gasteiger partial charge is 0.310 e. The molecule has 0 bridgehead atoms. The van der Waals surface area contributed by atoms with Crippen molar-refractivity contribution in [2.75, 3.05) is 5.32 Å². The number of hydrogen-bond donors (Lipinski definition) is 1. The summed E-state index contributed by atoms with van der Waals surface area (Å²) in [6.07, 6.45) is 0.0470. The number of rotatable bonds is 6. The average Bonchev–Trinajstić information content (AvgIpc) is 3.31. The van der Waals surface area contributed by atoms with Crippen LogP contribution in [0, 0.1) is 20.2 Å². The Hall–Kier alpha value is -3.73. The molecule has 0 fully saturated rings. The van der Waals surface area contributed by atoms with E-state index < -0.39 is 9.85 Å². The van der Waals surface area contributed by atoms with Gasteiger partial charge in [-0.1, -0.05) is 12.1 Å². The van der Waals surface area contributed by atoms with Gasteiger partial charge in [0.05, 0.1) is 27.6 Å². The lowest BCUT2D eigenvalue weighted by Gasteiger charge is -2.11. The quantitative estimate of drug-likeness (QED) is 0.471. The van der Waals surface area contributed by atoms with Gasteiger partial charge in [0.1, 0.15) is 5.82 Å². The number of benzene rings is 2. The van der Waals surface area contributed by atoms with Crippen molar-refractivity contribution < 1.29 is 14.6 Å². The molecule has 1 aliphatic heterocycles. The van der Waals surface area contributed by atoms with Gasteiger partial charge in [-0.2, -0.15) is 16.9 Å². The zero-order valence-corrected chi connectivity index (χ0v) is 16.3. The van der Waals surface area contributed by atoms with Crippen LogP contribution in [0.15, 0.2) is 48.5 Å². The number of non-ortho nitro benzene ring substituents is 2. The number of thioether (sulfide) groups is 1. The van der Waals surface area contributed by atoms with E-state index in [0.717, 1.165) is 17.0 Å². The van der Waals surface area contributed by atoms with Crippen molar-refractivity contribution in [3.8, 4) is 5.69 Å². The predicted molar refractivity (Wildman–Crippen MR) is 111 cm³/mol. The smallest absolute Gasteiger partial charge is 0.269 e. The van der Waals surface area contributed by atoms with Crippen LogP contribution in [0.5, 0.6) is 0 Å². The molecule has 2 aromatic carbocycles. The molecule has 0 spiro atoms. The number of nitro benzene ring substituents is 2. The van der Waals surface area contributed by atoms with Gasteiger partial charge in [0.2, 0.25) is 5.91 Å². The van der Waals surface area contributed by atoms with E-state index in [4.69, 9.17) is 0 Å². The average molecular weight is 425 g/mol. The van der Waals surface area contributed by atoms with Gasteiger partial charge in [-0.25, -0.2) is 4.68 Å². The molecule has 3 aromatic rings. The third kappa shape index (κ3) is 3.87. The van der Waals surface area contributed by atoms with E-state index in [0.29, 0.717) is 22.8 Å². The Morgan fingerprint density at radius 1 is 1.00 bits per heavy atom. The first kappa shape index (κ1) is 19.6. The summed E-state index contributed by atoms with van der Waals surface area (Å²) in [6.45, 7) is 0. The van der Waals surface area contributed by atoms with Crippen LogP contribution >= 0.6 is 11.8 Å². The minimum Gasteiger partial charge on any atom is -0.310 e. The molecule has 10 nitrogen and oxygen atoms in total. The first-order chi connectivity index (χ1) is 14.4. The highest BCUT2D eigenvalue weighted by atomic mass is 32.2. The molecule has 0 saturated heterocycles. The van der Waals surface area contributed by atoms with E-state index in [9.17, 15) is 25.0 Å². The summed E-state index contributed by atoms with van der Waals surface area (Å²) in [7, 11) is 0. The Morgan fingerprint density at radius 3 is 2.20 bits per heavy atom. The molecule has 1 aliphatic rings. The molecule has 1 N–H and O–H groups in total. The Balaban J connectivity index is 1.58. The summed E-state index contributed by atoms with van der Waals surface area (Å²) in [5, 5.41) is 29.1. The van der Waals surface area contributed by atoms with Gasteiger partial charge in [-0.15, -0.1) is 0 Å². The normalized spacial score (nSPS) is 12.4. The number of nitrogens with one attached hydrogen (secondary N) is 1. The second-order valence-corrected chi connectivity index (χ2v) is 7.59. The molecule has 1 amide bonds. The number of aromatic nitrogens is 2. The lowest BCUT2D eigenvalue weighted by atomic mass is 10.1. The van der Waals surface area contributed by atoms with Crippen LogP contribution in [0.2, 0.25) is 0 Å². The molecule has 0 saturated carbocycles. The zero-order chi connectivity index (χ0) is 21.3. The maximum Gasteiger partial charge on any atom is 0.269 e. The molecular weight excluding hydrogens is 410 g/mol. The maximum atomic E-state index is 12.6. The molecular formula is C19H15N5O5S. The fraction of sp³-hybridized carbons (Fsp3) is 0.158. The Bertz CT molecular complexity index is 1140. The summed E-state index contributed by atoms with van der Waals surface area (Å²) in [4.78, 5) is 33.3. The zero-order valence-electron chi connectivity index (χ0n) is 15.5. The van der Waals surface area contributed by atoms with Gasteiger partial charge in [0, 0.05) is 41.3 Å². The molecule has 0 unspecified atom stereocenters. The summed E-state index contributed by atoms with van der Waals surface area (Å²) >= 11 is 1.69. The van der Waals surface area contributed by atoms with Crippen molar-refractivity contribution in [2.45, 2.75) is 17.9 Å². The van der Waals surface area contributed by atoms with Crippen LogP contribution < -0.4 is 5.32 Å². The van der Waals surface area contributed by atoms with Crippen molar-refractivity contribution in [3.05, 3.63) is 85.6 Å². The second-order valence-electron chi connectivity index (χ2n) is 6.60. The van der Waals surface area contributed by atoms with E-state index in [1.54, 1.807) is 40.7 Å². The number of nitrogens with zero attached hydrogens (tertiary/aromatic N) is 4. The lowest BCUT2D eigenvalue weighted by Crippen LogP contribution is -2.18. The van der Waals surface area contributed by atoms with Crippen LogP contribution in [-0.4, -0.2) is 25.5 Å². The van der Waals surface area contributed by atoms with Crippen LogP contribution in [0.1, 0.15) is 16.8 Å². The molecule has 0 atom stereocenters. The molecule has 0 aliphatic carbocycles. The number of nitro groups is 2. The van der Waals surface area contributed by atoms with Crippen molar-refractivity contribution in [3.63, 3.8) is 0 Å². The monoisotopic (exact) mass is 425 g/mol. The minimum absolute atomic E-state index is 0.0299. The number of carbonyl (C=O) groups is 1. The molecule has 2 heterocycles. The molecule has 152 valence electrons. The summed E-state index contributed by atoms with van der Waals surface area (Å²) in [5.74, 6) is 1.68. The van der Waals surface area contributed by atoms with E-state index in [1.165, 1.54) is 24.3 Å². The highest BCUT2D eigenvalue weighted by molar-refractivity contribution is 7.98. The van der Waals surface area contributed by atoms with Gasteiger partial charge < -0.3 is 5.32 Å². The van der Waals surface area contributed by atoms with Crippen LogP contribution in [0.25, 0.3) is 5.69 Å². The number of anilines is 1. The number of fused-ring (bicyclic) bond motifs is 1. The van der Waals surface area contributed by atoms with Crippen LogP contribution in [0.4, 0.5) is 17.2 Å². The van der Waals surface area contributed by atoms with Crippen molar-refractivity contribution in [1.29, 1.82) is 0 Å². The molecule has 0 radical (unpaired) electrons. The van der Waals surface area contributed by atoms with Crippen molar-refractivity contribution >= 4 is 34.9 Å². The molecule has 11 heteroatoms. The fourth-order valence-electron chi connectivity index (χ4n) is 3.14. The summed E-state index contributed by atoms with van der Waals surface area (Å²) < 4.78 is 1.59. The fourth-order valence-corrected chi connectivity index (χ4v) is 4.18. The molecule has 30 heavy (non-hydrogen) atoms. The molecule has 1 aromatic heterocycles. The topological polar surface area (TPSA) is 133 Å². The van der Waals surface area contributed by atoms with E-state index in [1.807, 2.05) is 0 Å². The van der Waals surface area contributed by atoms with Gasteiger partial charge in [-0.05, 0) is 17.7 Å². The van der Waals surface area contributed by atoms with Crippen molar-refractivity contribution in [1.82, 2.24) is 9.78 Å². The third-order valence-corrected chi connectivity index (χ3v) is 5.60. The second kappa shape index (κ2) is 7.95. The lowest BCUT2D eigenvalue weighted by molar-refractivity contribution is -0.385. The van der Waals surface area contributed by atoms with E-state index in [2.05, 4.69) is 10.4 Å². The summed E-state index contributed by atoms with van der Waals surface area (Å²) in [6, 6.07) is 11.8. The Kier molecular flexibility index (Phi) is 5.19. The first-order valence-corrected chi connectivity index (χ1v) is 10.0. The van der Waals surface area contributed by atoms with Crippen molar-refractivity contribution in [2.24, 2.45) is 0 Å². The standard InChI is InChI=1S/C19H15N5O5S/c25-18(9-12-1-3-14(4-2-12)23(26)27)20-19-16-10-30-11-17(16)21-22(19)13-5-7-15(8-6-13)24(28)29/h1-8H,9-11H2,(H,20,25). The van der Waals surface area contributed by atoms with Crippen LogP contribution in [-0.2, 0) is 22.7 Å². The van der Waals surface area contributed by atoms with Gasteiger partial charge in [0.15, 0.2) is 0 Å². The predicted octanol–water partition coefficient (Wildman–Crippen LogP) is 3.62. The number of carbonyl (C=O) groups excluding carboxylic acids is 1. The van der Waals surface area contributed by atoms with Crippen LogP contribution in [0.3, 0.4) is 0 Å².